The standard InChI is InChI=1S/C7H7Br2NO/c8-5(9)2-10-3-1-4-7(11-4)6(3)10/h2-4,6-7H,1H2/t3-,4+,6-,7+,10?/m0/s1. The van der Waals surface area contributed by atoms with Crippen molar-refractivity contribution in [1.29, 1.82) is 0 Å². The normalized spacial score (nSPS) is 49.8. The van der Waals surface area contributed by atoms with Gasteiger partial charge >= 0.3 is 0 Å². The maximum atomic E-state index is 5.42. The van der Waals surface area contributed by atoms with Crippen molar-refractivity contribution in [1.82, 2.24) is 4.90 Å². The summed E-state index contributed by atoms with van der Waals surface area (Å²) in [4.78, 5) is 2.35. The van der Waals surface area contributed by atoms with Gasteiger partial charge in [-0.2, -0.15) is 0 Å². The molecular weight excluding hydrogens is 274 g/mol. The molecule has 4 atom stereocenters. The summed E-state index contributed by atoms with van der Waals surface area (Å²) in [6, 6.07) is 1.48. The molecule has 0 aromatic carbocycles. The third kappa shape index (κ3) is 0.924. The summed E-state index contributed by atoms with van der Waals surface area (Å²) >= 11 is 6.70. The average molecular weight is 281 g/mol. The highest BCUT2D eigenvalue weighted by Gasteiger charge is 2.68. The van der Waals surface area contributed by atoms with E-state index in [0.29, 0.717) is 18.2 Å². The molecule has 4 heteroatoms. The highest BCUT2D eigenvalue weighted by molar-refractivity contribution is 9.28. The number of epoxide rings is 1. The first kappa shape index (κ1) is 6.92. The Morgan fingerprint density at radius 3 is 2.91 bits per heavy atom. The van der Waals surface area contributed by atoms with Crippen LogP contribution in [0.4, 0.5) is 0 Å². The van der Waals surface area contributed by atoms with E-state index in [9.17, 15) is 0 Å². The molecule has 0 N–H and O–H groups in total. The SMILES string of the molecule is BrC(Br)=CN1[C@@H]2[C@@H]3O[C@@H]3C[C@@H]21. The highest BCUT2D eigenvalue weighted by atomic mass is 79.9. The first-order valence-electron chi connectivity index (χ1n) is 3.73. The molecule has 0 bridgehead atoms. The lowest BCUT2D eigenvalue weighted by molar-refractivity contribution is 0.341. The molecule has 0 aromatic rings. The van der Waals surface area contributed by atoms with Crippen LogP contribution >= 0.6 is 31.9 Å². The lowest BCUT2D eigenvalue weighted by Gasteiger charge is -1.98. The van der Waals surface area contributed by atoms with Crippen LogP contribution in [0.5, 0.6) is 0 Å². The average Bonchev–Trinajstić information content (AvgIpc) is 2.76. The molecule has 60 valence electrons. The van der Waals surface area contributed by atoms with Crippen LogP contribution in [0.3, 0.4) is 0 Å². The summed E-state index contributed by atoms with van der Waals surface area (Å²) in [5.74, 6) is 0. The minimum absolute atomic E-state index is 0.565. The van der Waals surface area contributed by atoms with E-state index in [2.05, 4.69) is 43.0 Å². The fourth-order valence-electron chi connectivity index (χ4n) is 2.15. The van der Waals surface area contributed by atoms with Crippen LogP contribution in [0, 0.1) is 0 Å². The van der Waals surface area contributed by atoms with Gasteiger partial charge in [0.05, 0.1) is 21.6 Å². The Morgan fingerprint density at radius 2 is 2.36 bits per heavy atom. The lowest BCUT2D eigenvalue weighted by Crippen LogP contribution is -2.04. The van der Waals surface area contributed by atoms with E-state index in [1.54, 1.807) is 0 Å². The van der Waals surface area contributed by atoms with Crippen LogP contribution in [0.2, 0.25) is 0 Å². The Hall–Kier alpha value is 0.460. The summed E-state index contributed by atoms with van der Waals surface area (Å²) in [6.45, 7) is 0. The van der Waals surface area contributed by atoms with Gasteiger partial charge in [0, 0.05) is 6.20 Å². The monoisotopic (exact) mass is 279 g/mol. The molecule has 2 aliphatic heterocycles. The molecule has 2 saturated heterocycles. The Labute approximate surface area is 81.8 Å². The molecule has 0 aromatic heterocycles. The molecule has 3 rings (SSSR count). The third-order valence-electron chi connectivity index (χ3n) is 2.71. The zero-order valence-corrected chi connectivity index (χ0v) is 8.88. The minimum atomic E-state index is 0.565. The van der Waals surface area contributed by atoms with Crippen LogP contribution in [0.1, 0.15) is 6.42 Å². The van der Waals surface area contributed by atoms with Gasteiger partial charge in [-0.25, -0.2) is 0 Å². The number of likely N-dealkylation sites (tertiary alicyclic amines) is 1. The van der Waals surface area contributed by atoms with Crippen molar-refractivity contribution in [3.63, 3.8) is 0 Å². The zero-order chi connectivity index (χ0) is 7.59. The van der Waals surface area contributed by atoms with Gasteiger partial charge in [-0.1, -0.05) is 0 Å². The van der Waals surface area contributed by atoms with E-state index >= 15 is 0 Å². The minimum Gasteiger partial charge on any atom is -0.367 e. The van der Waals surface area contributed by atoms with Gasteiger partial charge in [0.25, 0.3) is 0 Å². The Balaban J connectivity index is 1.74. The number of nitrogens with zero attached hydrogens (tertiary/aromatic N) is 1. The number of ether oxygens (including phenoxy) is 1. The van der Waals surface area contributed by atoms with Crippen molar-refractivity contribution < 1.29 is 4.74 Å². The number of halogens is 2. The smallest absolute Gasteiger partial charge is 0.106 e. The number of piperidine rings is 1. The van der Waals surface area contributed by atoms with Crippen molar-refractivity contribution >= 4 is 31.9 Å². The largest absolute Gasteiger partial charge is 0.367 e. The van der Waals surface area contributed by atoms with E-state index in [4.69, 9.17) is 4.74 Å². The van der Waals surface area contributed by atoms with E-state index in [1.807, 2.05) is 0 Å². The fourth-order valence-corrected chi connectivity index (χ4v) is 2.62. The van der Waals surface area contributed by atoms with E-state index in [1.165, 1.54) is 6.42 Å². The second-order valence-corrected chi connectivity index (χ2v) is 6.07. The van der Waals surface area contributed by atoms with Gasteiger partial charge < -0.3 is 9.64 Å². The molecule has 11 heavy (non-hydrogen) atoms. The maximum absolute atomic E-state index is 5.42. The molecular formula is C7H7Br2NO. The van der Waals surface area contributed by atoms with Crippen LogP contribution in [0.25, 0.3) is 0 Å². The van der Waals surface area contributed by atoms with Crippen molar-refractivity contribution in [3.05, 3.63) is 9.59 Å². The number of fused-ring (bicyclic) bond motifs is 3. The highest BCUT2D eigenvalue weighted by Crippen LogP contribution is 2.54. The Morgan fingerprint density at radius 1 is 1.55 bits per heavy atom. The summed E-state index contributed by atoms with van der Waals surface area (Å²) in [5, 5.41) is 0. The molecule has 2 heterocycles. The summed E-state index contributed by atoms with van der Waals surface area (Å²) in [6.07, 6.45) is 4.52. The molecule has 0 unspecified atom stereocenters. The predicted octanol–water partition coefficient (Wildman–Crippen LogP) is 1.80. The van der Waals surface area contributed by atoms with E-state index < -0.39 is 0 Å². The third-order valence-corrected chi connectivity index (χ3v) is 3.12. The second-order valence-electron chi connectivity index (χ2n) is 3.30. The number of hydrogen-bond donors (Lipinski definition) is 0. The predicted molar refractivity (Wildman–Crippen MR) is 48.6 cm³/mol. The summed E-state index contributed by atoms with van der Waals surface area (Å²) < 4.78 is 6.44. The quantitative estimate of drug-likeness (QED) is 0.681. The second kappa shape index (κ2) is 2.03. The molecule has 3 aliphatic rings. The van der Waals surface area contributed by atoms with Crippen LogP contribution in [-0.4, -0.2) is 29.2 Å². The molecule has 0 radical (unpaired) electrons. The van der Waals surface area contributed by atoms with Crippen molar-refractivity contribution in [2.75, 3.05) is 0 Å². The summed E-state index contributed by atoms with van der Waals surface area (Å²) in [7, 11) is 0. The Bertz CT molecular complexity index is 239. The van der Waals surface area contributed by atoms with Crippen LogP contribution < -0.4 is 0 Å². The molecule has 2 nitrogen and oxygen atoms in total. The maximum Gasteiger partial charge on any atom is 0.106 e. The zero-order valence-electron chi connectivity index (χ0n) is 5.71. The van der Waals surface area contributed by atoms with Gasteiger partial charge in [-0.15, -0.1) is 0 Å². The van der Waals surface area contributed by atoms with Gasteiger partial charge in [0.2, 0.25) is 0 Å². The molecule has 3 fully saturated rings. The topological polar surface area (TPSA) is 15.5 Å². The van der Waals surface area contributed by atoms with Gasteiger partial charge in [-0.3, -0.25) is 0 Å². The van der Waals surface area contributed by atoms with Crippen molar-refractivity contribution in [2.24, 2.45) is 0 Å². The molecule has 0 spiro atoms. The first-order chi connectivity index (χ1) is 5.27. The number of hydrogen-bond acceptors (Lipinski definition) is 2. The van der Waals surface area contributed by atoms with Gasteiger partial charge in [0.1, 0.15) is 6.10 Å². The molecule has 1 aliphatic carbocycles. The molecule has 0 amide bonds. The van der Waals surface area contributed by atoms with Crippen molar-refractivity contribution in [3.8, 4) is 0 Å². The van der Waals surface area contributed by atoms with Gasteiger partial charge in [-0.05, 0) is 38.3 Å². The van der Waals surface area contributed by atoms with Gasteiger partial charge in [0.15, 0.2) is 0 Å². The fraction of sp³-hybridized carbons (Fsp3) is 0.714. The first-order valence-corrected chi connectivity index (χ1v) is 5.32. The van der Waals surface area contributed by atoms with Crippen molar-refractivity contribution in [2.45, 2.75) is 30.7 Å². The lowest BCUT2D eigenvalue weighted by atomic mass is 10.3. The number of rotatable bonds is 1. The van der Waals surface area contributed by atoms with Crippen LogP contribution in [-0.2, 0) is 4.74 Å². The summed E-state index contributed by atoms with van der Waals surface area (Å²) in [5.41, 5.74) is 0. The molecule has 1 saturated carbocycles. The van der Waals surface area contributed by atoms with Crippen LogP contribution in [0.15, 0.2) is 9.59 Å². The Kier molecular flexibility index (Phi) is 1.28. The van der Waals surface area contributed by atoms with E-state index in [-0.39, 0.29) is 0 Å². The van der Waals surface area contributed by atoms with E-state index in [0.717, 1.165) is 9.43 Å².